The first-order chi connectivity index (χ1) is 15.7. The monoisotopic (exact) mass is 454 g/mol. The van der Waals surface area contributed by atoms with Gasteiger partial charge in [0.05, 0.1) is 43.1 Å². The highest BCUT2D eigenvalue weighted by atomic mass is 16.5. The minimum atomic E-state index is -0.661. The molecule has 2 heterocycles. The van der Waals surface area contributed by atoms with Gasteiger partial charge in [-0.05, 0) is 57.6 Å². The topological polar surface area (TPSA) is 113 Å². The lowest BCUT2D eigenvalue weighted by atomic mass is 9.77. The lowest BCUT2D eigenvalue weighted by Crippen LogP contribution is -2.38. The van der Waals surface area contributed by atoms with Crippen molar-refractivity contribution in [3.8, 4) is 11.6 Å². The molecule has 4 rings (SSSR count). The van der Waals surface area contributed by atoms with Crippen LogP contribution in [-0.4, -0.2) is 40.6 Å². The minimum absolute atomic E-state index is 0.0330. The van der Waals surface area contributed by atoms with E-state index in [-0.39, 0.29) is 17.6 Å². The number of anilines is 1. The number of ether oxygens (including phenoxy) is 2. The van der Waals surface area contributed by atoms with Gasteiger partial charge in [0, 0.05) is 23.7 Å². The molecule has 33 heavy (non-hydrogen) atoms. The smallest absolute Gasteiger partial charge is 0.379 e. The number of aliphatic hydroxyl groups is 1. The Morgan fingerprint density at radius 3 is 2.58 bits per heavy atom. The van der Waals surface area contributed by atoms with Crippen molar-refractivity contribution in [1.29, 1.82) is 0 Å². The number of aromatic nitrogens is 3. The lowest BCUT2D eigenvalue weighted by Gasteiger charge is -2.35. The molecular weight excluding hydrogens is 424 g/mol. The SMILES string of the molecule is COc1cc2nn(C3CCC(C(C)(C)O)CC3)cc2cc1NC(=O)c1cccc(OC)[n+]1[O-]. The van der Waals surface area contributed by atoms with E-state index in [1.807, 2.05) is 24.7 Å². The molecule has 1 aromatic carbocycles. The molecule has 2 aromatic heterocycles. The van der Waals surface area contributed by atoms with Crippen molar-refractivity contribution in [2.24, 2.45) is 5.92 Å². The van der Waals surface area contributed by atoms with Crippen LogP contribution in [-0.2, 0) is 0 Å². The molecule has 1 saturated carbocycles. The van der Waals surface area contributed by atoms with Gasteiger partial charge in [0.2, 0.25) is 0 Å². The number of carbonyl (C=O) groups is 1. The standard InChI is InChI=1S/C24H30N4O5/c1-24(2,30)16-8-10-17(11-9-16)27-14-15-12-19(21(32-3)13-18(15)26-27)25-23(29)20-6-5-7-22(33-4)28(20)31/h5-7,12-14,16-17,30H,8-11H2,1-4H3,(H,25,29). The number of fused-ring (bicyclic) bond motifs is 1. The predicted molar refractivity (Wildman–Crippen MR) is 123 cm³/mol. The van der Waals surface area contributed by atoms with Gasteiger partial charge in [-0.3, -0.25) is 9.48 Å². The molecule has 3 aromatic rings. The Balaban J connectivity index is 1.57. The second kappa shape index (κ2) is 8.90. The van der Waals surface area contributed by atoms with Gasteiger partial charge in [0.1, 0.15) is 5.75 Å². The first kappa shape index (κ1) is 22.8. The van der Waals surface area contributed by atoms with Crippen molar-refractivity contribution >= 4 is 22.5 Å². The molecule has 1 fully saturated rings. The fraction of sp³-hybridized carbons (Fsp3) is 0.458. The van der Waals surface area contributed by atoms with Crippen LogP contribution in [0.3, 0.4) is 0 Å². The number of nitrogens with one attached hydrogen (secondary N) is 1. The van der Waals surface area contributed by atoms with Crippen molar-refractivity contribution < 1.29 is 24.1 Å². The third-order valence-corrected chi connectivity index (χ3v) is 6.52. The molecule has 0 spiro atoms. The van der Waals surface area contributed by atoms with Crippen molar-refractivity contribution in [1.82, 2.24) is 9.78 Å². The van der Waals surface area contributed by atoms with Crippen LogP contribution in [0.25, 0.3) is 10.9 Å². The molecule has 176 valence electrons. The largest absolute Gasteiger partial charge is 0.615 e. The van der Waals surface area contributed by atoms with Gasteiger partial charge in [0.25, 0.3) is 5.69 Å². The number of hydrogen-bond donors (Lipinski definition) is 2. The zero-order valence-corrected chi connectivity index (χ0v) is 19.4. The van der Waals surface area contributed by atoms with Crippen molar-refractivity contribution in [3.63, 3.8) is 0 Å². The molecule has 0 saturated heterocycles. The van der Waals surface area contributed by atoms with Gasteiger partial charge < -0.3 is 25.1 Å². The fourth-order valence-corrected chi connectivity index (χ4v) is 4.55. The molecule has 1 aliphatic rings. The molecule has 0 bridgehead atoms. The highest BCUT2D eigenvalue weighted by molar-refractivity contribution is 6.04. The highest BCUT2D eigenvalue weighted by Gasteiger charge is 2.32. The van der Waals surface area contributed by atoms with Gasteiger partial charge >= 0.3 is 11.8 Å². The van der Waals surface area contributed by atoms with Crippen LogP contribution in [0, 0.1) is 11.1 Å². The van der Waals surface area contributed by atoms with Crippen LogP contribution in [0.5, 0.6) is 11.6 Å². The van der Waals surface area contributed by atoms with E-state index in [2.05, 4.69) is 5.32 Å². The van der Waals surface area contributed by atoms with Gasteiger partial charge in [-0.2, -0.15) is 5.10 Å². The summed E-state index contributed by atoms with van der Waals surface area (Å²) < 4.78 is 12.9. The Hall–Kier alpha value is -3.33. The van der Waals surface area contributed by atoms with Gasteiger partial charge in [-0.25, -0.2) is 0 Å². The number of pyridine rings is 1. The Morgan fingerprint density at radius 1 is 1.21 bits per heavy atom. The zero-order chi connectivity index (χ0) is 23.8. The molecule has 9 nitrogen and oxygen atoms in total. The molecule has 0 atom stereocenters. The van der Waals surface area contributed by atoms with Crippen LogP contribution in [0.1, 0.15) is 56.1 Å². The summed E-state index contributed by atoms with van der Waals surface area (Å²) >= 11 is 0. The van der Waals surface area contributed by atoms with E-state index < -0.39 is 11.5 Å². The minimum Gasteiger partial charge on any atom is -0.615 e. The van der Waals surface area contributed by atoms with Crippen LogP contribution in [0.15, 0.2) is 36.5 Å². The second-order valence-corrected chi connectivity index (χ2v) is 9.08. The molecule has 1 aliphatic carbocycles. The molecule has 1 amide bonds. The Morgan fingerprint density at radius 2 is 1.94 bits per heavy atom. The van der Waals surface area contributed by atoms with Gasteiger partial charge in [-0.15, -0.1) is 4.73 Å². The summed E-state index contributed by atoms with van der Waals surface area (Å²) in [5.74, 6) is 0.206. The maximum atomic E-state index is 12.8. The number of carbonyl (C=O) groups excluding carboxylic acids is 1. The molecule has 0 radical (unpaired) electrons. The Bertz CT molecular complexity index is 1160. The van der Waals surface area contributed by atoms with Gasteiger partial charge in [0.15, 0.2) is 0 Å². The normalized spacial score (nSPS) is 18.8. The number of benzene rings is 1. The lowest BCUT2D eigenvalue weighted by molar-refractivity contribution is -0.614. The van der Waals surface area contributed by atoms with E-state index in [1.54, 1.807) is 18.2 Å². The summed E-state index contributed by atoms with van der Waals surface area (Å²) in [7, 11) is 2.89. The zero-order valence-electron chi connectivity index (χ0n) is 19.4. The number of amides is 1. The van der Waals surface area contributed by atoms with E-state index in [0.717, 1.165) is 36.6 Å². The van der Waals surface area contributed by atoms with E-state index in [1.165, 1.54) is 26.4 Å². The number of methoxy groups -OCH3 is 2. The van der Waals surface area contributed by atoms with Crippen molar-refractivity contribution in [2.75, 3.05) is 19.5 Å². The highest BCUT2D eigenvalue weighted by Crippen LogP contribution is 2.38. The molecule has 2 N–H and O–H groups in total. The summed E-state index contributed by atoms with van der Waals surface area (Å²) in [5.41, 5.74) is 0.458. The predicted octanol–water partition coefficient (Wildman–Crippen LogP) is 3.44. The first-order valence-corrected chi connectivity index (χ1v) is 11.1. The van der Waals surface area contributed by atoms with Gasteiger partial charge in [-0.1, -0.05) is 0 Å². The maximum Gasteiger partial charge on any atom is 0.379 e. The van der Waals surface area contributed by atoms with Crippen LogP contribution >= 0.6 is 0 Å². The van der Waals surface area contributed by atoms with Crippen LogP contribution in [0.2, 0.25) is 0 Å². The average molecular weight is 455 g/mol. The summed E-state index contributed by atoms with van der Waals surface area (Å²) in [6.45, 7) is 3.75. The van der Waals surface area contributed by atoms with Crippen molar-refractivity contribution in [2.45, 2.75) is 51.2 Å². The summed E-state index contributed by atoms with van der Waals surface area (Å²) in [6, 6.07) is 8.33. The Labute approximate surface area is 192 Å². The van der Waals surface area contributed by atoms with Crippen LogP contribution < -0.4 is 19.5 Å². The number of hydrogen-bond acceptors (Lipinski definition) is 6. The van der Waals surface area contributed by atoms with E-state index >= 15 is 0 Å². The first-order valence-electron chi connectivity index (χ1n) is 11.1. The quantitative estimate of drug-likeness (QED) is 0.436. The van der Waals surface area contributed by atoms with Crippen molar-refractivity contribution in [3.05, 3.63) is 47.4 Å². The Kier molecular flexibility index (Phi) is 6.16. The van der Waals surface area contributed by atoms with E-state index in [9.17, 15) is 15.1 Å². The van der Waals surface area contributed by atoms with E-state index in [4.69, 9.17) is 14.6 Å². The molecular formula is C24H30N4O5. The van der Waals surface area contributed by atoms with E-state index in [0.29, 0.717) is 22.1 Å². The van der Waals surface area contributed by atoms with Crippen LogP contribution in [0.4, 0.5) is 5.69 Å². The number of nitrogens with zero attached hydrogens (tertiary/aromatic N) is 3. The molecule has 0 aliphatic heterocycles. The maximum absolute atomic E-state index is 12.8. The third-order valence-electron chi connectivity index (χ3n) is 6.52. The summed E-state index contributed by atoms with van der Waals surface area (Å²) in [6.07, 6.45) is 5.76. The molecule has 9 heteroatoms. The second-order valence-electron chi connectivity index (χ2n) is 9.08. The summed E-state index contributed by atoms with van der Waals surface area (Å²) in [5, 5.41) is 31.0. The fourth-order valence-electron chi connectivity index (χ4n) is 4.55. The average Bonchev–Trinajstić information content (AvgIpc) is 3.21. The number of rotatable bonds is 6. The molecule has 0 unspecified atom stereocenters. The third kappa shape index (κ3) is 4.59. The summed E-state index contributed by atoms with van der Waals surface area (Å²) in [4.78, 5) is 12.8.